The van der Waals surface area contributed by atoms with E-state index in [2.05, 4.69) is 39.5 Å². The van der Waals surface area contributed by atoms with Gasteiger partial charge in [-0.05, 0) is 175 Å². The Hall–Kier alpha value is -0.120. The van der Waals surface area contributed by atoms with Crippen LogP contribution in [0, 0.1) is 46.8 Å². The van der Waals surface area contributed by atoms with Gasteiger partial charge in [-0.25, -0.2) is 0 Å². The summed E-state index contributed by atoms with van der Waals surface area (Å²) in [6, 6.07) is 2.49. The van der Waals surface area contributed by atoms with Crippen LogP contribution in [0.15, 0.2) is 0 Å². The molecule has 5 saturated carbocycles. The molecule has 3 nitrogen and oxygen atoms in total. The summed E-state index contributed by atoms with van der Waals surface area (Å²) >= 11 is 0. The summed E-state index contributed by atoms with van der Waals surface area (Å²) in [6.07, 6.45) is 26.0. The molecular formula is C38H69NO2. The van der Waals surface area contributed by atoms with Crippen LogP contribution in [0.2, 0.25) is 0 Å². The highest BCUT2D eigenvalue weighted by Crippen LogP contribution is 2.52. The summed E-state index contributed by atoms with van der Waals surface area (Å²) in [5.74, 6) is 6.02. The number of nitrogens with zero attached hydrogens (tertiary/aromatic N) is 1. The maximum Gasteiger partial charge on any atom is 0.0540 e. The minimum atomic E-state index is -0.0624. The summed E-state index contributed by atoms with van der Waals surface area (Å²) in [5.41, 5.74) is 0.396. The maximum atomic E-state index is 10.2. The summed E-state index contributed by atoms with van der Waals surface area (Å²) in [7, 11) is 0. The van der Waals surface area contributed by atoms with E-state index < -0.39 is 0 Å². The Labute approximate surface area is 255 Å². The molecule has 2 N–H and O–H groups in total. The monoisotopic (exact) mass is 572 g/mol. The molecule has 0 spiro atoms. The standard InChI is InChI=1S/C38H69NO2/c1-26-6-14-34(24-28(26)3)39(35-15-7-27(2)29(4)25-35)33-16-8-30(9-17-33)22-23-38(5,31-10-18-36(40)19-11-31)32-12-20-37(41)21-13-32/h26-37,40-41H,6-25H2,1-5H3. The lowest BCUT2D eigenvalue weighted by molar-refractivity contribution is -0.0254. The van der Waals surface area contributed by atoms with Crippen LogP contribution in [0.4, 0.5) is 0 Å². The molecule has 5 fully saturated rings. The van der Waals surface area contributed by atoms with Gasteiger partial charge in [-0.15, -0.1) is 0 Å². The minimum Gasteiger partial charge on any atom is -0.393 e. The Morgan fingerprint density at radius 1 is 0.512 bits per heavy atom. The third-order valence-electron chi connectivity index (χ3n) is 14.6. The lowest BCUT2D eigenvalue weighted by Gasteiger charge is -2.51. The summed E-state index contributed by atoms with van der Waals surface area (Å²) in [4.78, 5) is 3.17. The second-order valence-electron chi connectivity index (χ2n) is 17.0. The van der Waals surface area contributed by atoms with Gasteiger partial charge in [-0.1, -0.05) is 34.6 Å². The molecule has 6 atom stereocenters. The first-order valence-electron chi connectivity index (χ1n) is 18.8. The molecule has 238 valence electrons. The average Bonchev–Trinajstić information content (AvgIpc) is 2.97. The van der Waals surface area contributed by atoms with Crippen molar-refractivity contribution in [3.63, 3.8) is 0 Å². The smallest absolute Gasteiger partial charge is 0.0540 e. The molecule has 5 aliphatic rings. The zero-order valence-electron chi connectivity index (χ0n) is 27.9. The zero-order valence-corrected chi connectivity index (χ0v) is 27.9. The van der Waals surface area contributed by atoms with Crippen molar-refractivity contribution in [2.45, 2.75) is 193 Å². The molecule has 0 radical (unpaired) electrons. The Morgan fingerprint density at radius 2 is 0.927 bits per heavy atom. The fourth-order valence-corrected chi connectivity index (χ4v) is 10.9. The molecule has 0 aliphatic heterocycles. The first-order valence-corrected chi connectivity index (χ1v) is 18.8. The van der Waals surface area contributed by atoms with Crippen LogP contribution >= 0.6 is 0 Å². The van der Waals surface area contributed by atoms with E-state index in [1.54, 1.807) is 0 Å². The van der Waals surface area contributed by atoms with E-state index >= 15 is 0 Å². The van der Waals surface area contributed by atoms with E-state index in [4.69, 9.17) is 0 Å². The first kappa shape index (κ1) is 32.3. The zero-order chi connectivity index (χ0) is 29.1. The molecule has 41 heavy (non-hydrogen) atoms. The first-order chi connectivity index (χ1) is 19.6. The van der Waals surface area contributed by atoms with Crippen LogP contribution in [-0.2, 0) is 0 Å². The van der Waals surface area contributed by atoms with Gasteiger partial charge in [-0.3, -0.25) is 4.90 Å². The number of aliphatic hydroxyl groups is 2. The van der Waals surface area contributed by atoms with E-state index in [9.17, 15) is 10.2 Å². The summed E-state index contributed by atoms with van der Waals surface area (Å²) in [6.45, 7) is 12.7. The second kappa shape index (κ2) is 14.3. The molecule has 0 bridgehead atoms. The van der Waals surface area contributed by atoms with Crippen molar-refractivity contribution in [1.82, 2.24) is 4.90 Å². The van der Waals surface area contributed by atoms with Crippen LogP contribution < -0.4 is 0 Å². The Morgan fingerprint density at radius 3 is 1.34 bits per heavy atom. The van der Waals surface area contributed by atoms with E-state index in [-0.39, 0.29) is 12.2 Å². The topological polar surface area (TPSA) is 43.7 Å². The molecule has 0 aromatic heterocycles. The molecule has 0 saturated heterocycles. The van der Waals surface area contributed by atoms with E-state index in [0.717, 1.165) is 85.2 Å². The lowest BCUT2D eigenvalue weighted by Crippen LogP contribution is -2.54. The van der Waals surface area contributed by atoms with Gasteiger partial charge in [0.05, 0.1) is 12.2 Å². The number of hydrogen-bond donors (Lipinski definition) is 2. The lowest BCUT2D eigenvalue weighted by atomic mass is 9.57. The molecular weight excluding hydrogens is 502 g/mol. The quantitative estimate of drug-likeness (QED) is 0.305. The SMILES string of the molecule is CC1CCC(N(C2CCC(CCC(C)(C3CCC(O)CC3)C3CCC(O)CC3)CC2)C2CCC(C)C(C)C2)CC1C. The third kappa shape index (κ3) is 7.76. The van der Waals surface area contributed by atoms with Gasteiger partial charge in [0.2, 0.25) is 0 Å². The van der Waals surface area contributed by atoms with Crippen molar-refractivity contribution in [3.05, 3.63) is 0 Å². The molecule has 0 aromatic rings. The predicted molar refractivity (Wildman–Crippen MR) is 173 cm³/mol. The molecule has 0 amide bonds. The Bertz CT molecular complexity index is 727. The van der Waals surface area contributed by atoms with Crippen molar-refractivity contribution in [2.75, 3.05) is 0 Å². The highest BCUT2D eigenvalue weighted by molar-refractivity contribution is 4.96. The highest BCUT2D eigenvalue weighted by atomic mass is 16.3. The van der Waals surface area contributed by atoms with Crippen LogP contribution in [0.3, 0.4) is 0 Å². The molecule has 0 heterocycles. The predicted octanol–water partition coefficient (Wildman–Crippen LogP) is 9.39. The van der Waals surface area contributed by atoms with Crippen LogP contribution in [-0.4, -0.2) is 45.4 Å². The average molecular weight is 572 g/mol. The third-order valence-corrected chi connectivity index (χ3v) is 14.6. The van der Waals surface area contributed by atoms with Crippen LogP contribution in [0.5, 0.6) is 0 Å². The van der Waals surface area contributed by atoms with Gasteiger partial charge in [0.15, 0.2) is 0 Å². The van der Waals surface area contributed by atoms with E-state index in [1.807, 2.05) is 0 Å². The maximum absolute atomic E-state index is 10.2. The molecule has 0 aromatic carbocycles. The molecule has 5 rings (SSSR count). The second-order valence-corrected chi connectivity index (χ2v) is 17.0. The largest absolute Gasteiger partial charge is 0.393 e. The van der Waals surface area contributed by atoms with Crippen molar-refractivity contribution >= 4 is 0 Å². The van der Waals surface area contributed by atoms with Crippen molar-refractivity contribution in [3.8, 4) is 0 Å². The summed E-state index contributed by atoms with van der Waals surface area (Å²) < 4.78 is 0. The number of rotatable bonds is 8. The van der Waals surface area contributed by atoms with Gasteiger partial charge in [-0.2, -0.15) is 0 Å². The summed E-state index contributed by atoms with van der Waals surface area (Å²) in [5, 5.41) is 20.5. The van der Waals surface area contributed by atoms with Crippen molar-refractivity contribution < 1.29 is 10.2 Å². The van der Waals surface area contributed by atoms with Crippen LogP contribution in [0.1, 0.15) is 163 Å². The van der Waals surface area contributed by atoms with Crippen molar-refractivity contribution in [2.24, 2.45) is 46.8 Å². The van der Waals surface area contributed by atoms with E-state index in [1.165, 1.54) is 103 Å². The van der Waals surface area contributed by atoms with Crippen molar-refractivity contribution in [1.29, 1.82) is 0 Å². The normalized spacial score (nSPS) is 46.2. The van der Waals surface area contributed by atoms with Gasteiger partial charge in [0.25, 0.3) is 0 Å². The van der Waals surface area contributed by atoms with Crippen LogP contribution in [0.25, 0.3) is 0 Å². The van der Waals surface area contributed by atoms with Gasteiger partial charge in [0.1, 0.15) is 0 Å². The van der Waals surface area contributed by atoms with Gasteiger partial charge < -0.3 is 10.2 Å². The minimum absolute atomic E-state index is 0.0624. The fraction of sp³-hybridized carbons (Fsp3) is 1.00. The van der Waals surface area contributed by atoms with Gasteiger partial charge in [0, 0.05) is 18.1 Å². The molecule has 3 heteroatoms. The fourth-order valence-electron chi connectivity index (χ4n) is 10.9. The van der Waals surface area contributed by atoms with E-state index in [0.29, 0.717) is 5.41 Å². The molecule has 6 unspecified atom stereocenters. The van der Waals surface area contributed by atoms with Gasteiger partial charge >= 0.3 is 0 Å². The number of hydrogen-bond acceptors (Lipinski definition) is 3. The Kier molecular flexibility index (Phi) is 11.3. The number of aliphatic hydroxyl groups excluding tert-OH is 2. The Balaban J connectivity index is 1.21. The molecule has 5 aliphatic carbocycles. The highest BCUT2D eigenvalue weighted by Gasteiger charge is 2.44.